The molecule has 0 spiro atoms. The van der Waals surface area contributed by atoms with Gasteiger partial charge in [0, 0.05) is 12.6 Å². The Labute approximate surface area is 156 Å². The lowest BCUT2D eigenvalue weighted by Gasteiger charge is -2.35. The van der Waals surface area contributed by atoms with E-state index < -0.39 is 6.10 Å². The third-order valence-electron chi connectivity index (χ3n) is 4.38. The number of carbonyl (C=O) groups excluding carboxylic acids is 1. The van der Waals surface area contributed by atoms with E-state index in [1.165, 1.54) is 0 Å². The Kier molecular flexibility index (Phi) is 4.82. The molecular weight excluding hydrogens is 346 g/mol. The van der Waals surface area contributed by atoms with Crippen LogP contribution in [0.3, 0.4) is 0 Å². The molecule has 27 heavy (non-hydrogen) atoms. The Morgan fingerprint density at radius 1 is 1.26 bits per heavy atom. The number of anilines is 1. The smallest absolute Gasteiger partial charge is 0.262 e. The number of rotatable bonds is 6. The molecule has 1 aliphatic rings. The fourth-order valence-corrected chi connectivity index (χ4v) is 3.07. The van der Waals surface area contributed by atoms with Gasteiger partial charge in [-0.2, -0.15) is 0 Å². The monoisotopic (exact) mass is 367 g/mol. The van der Waals surface area contributed by atoms with Crippen molar-refractivity contribution in [3.05, 3.63) is 54.4 Å². The fourth-order valence-electron chi connectivity index (χ4n) is 3.07. The Morgan fingerprint density at radius 3 is 2.96 bits per heavy atom. The fraction of sp³-hybridized carbons (Fsp3) is 0.300. The first-order valence-electron chi connectivity index (χ1n) is 9.02. The molecule has 7 nitrogen and oxygen atoms in total. The van der Waals surface area contributed by atoms with Crippen molar-refractivity contribution in [1.29, 1.82) is 0 Å². The van der Waals surface area contributed by atoms with E-state index in [1.807, 2.05) is 43.3 Å². The second-order valence-electron chi connectivity index (χ2n) is 6.41. The molecule has 1 aromatic carbocycles. The second kappa shape index (κ2) is 7.57. The van der Waals surface area contributed by atoms with Gasteiger partial charge in [-0.15, -0.1) is 0 Å². The number of aromatic nitrogens is 1. The highest BCUT2D eigenvalue weighted by Gasteiger charge is 2.31. The van der Waals surface area contributed by atoms with Crippen molar-refractivity contribution < 1.29 is 18.5 Å². The van der Waals surface area contributed by atoms with Crippen molar-refractivity contribution in [2.24, 2.45) is 0 Å². The molecule has 3 heterocycles. The summed E-state index contributed by atoms with van der Waals surface area (Å²) in [5.74, 6) is 1.80. The van der Waals surface area contributed by atoms with E-state index in [4.69, 9.17) is 13.7 Å². The molecule has 0 bridgehead atoms. The SMILES string of the molecule is CCCNC(=O)[C@H]1CN(Cc2cc(-c3ccco3)on2)c2ccccc2O1. The van der Waals surface area contributed by atoms with Crippen LogP contribution in [0.25, 0.3) is 11.5 Å². The quantitative estimate of drug-likeness (QED) is 0.720. The summed E-state index contributed by atoms with van der Waals surface area (Å²) in [5.41, 5.74) is 1.69. The van der Waals surface area contributed by atoms with Crippen molar-refractivity contribution in [3.8, 4) is 17.3 Å². The molecular formula is C20H21N3O4. The van der Waals surface area contributed by atoms with Crippen LogP contribution < -0.4 is 15.0 Å². The van der Waals surface area contributed by atoms with Gasteiger partial charge in [0.05, 0.1) is 25.0 Å². The molecule has 0 saturated heterocycles. The van der Waals surface area contributed by atoms with E-state index in [0.717, 1.165) is 17.8 Å². The van der Waals surface area contributed by atoms with Crippen LogP contribution in [0, 0.1) is 0 Å². The highest BCUT2D eigenvalue weighted by Crippen LogP contribution is 2.34. The maximum atomic E-state index is 12.4. The summed E-state index contributed by atoms with van der Waals surface area (Å²) in [6.45, 7) is 3.60. The van der Waals surface area contributed by atoms with Gasteiger partial charge in [0.2, 0.25) is 5.76 Å². The van der Waals surface area contributed by atoms with Crippen molar-refractivity contribution in [2.75, 3.05) is 18.0 Å². The predicted octanol–water partition coefficient (Wildman–Crippen LogP) is 3.23. The highest BCUT2D eigenvalue weighted by atomic mass is 16.5. The average molecular weight is 367 g/mol. The molecule has 1 N–H and O–H groups in total. The average Bonchev–Trinajstić information content (AvgIpc) is 3.37. The molecule has 0 aliphatic carbocycles. The third-order valence-corrected chi connectivity index (χ3v) is 4.38. The van der Waals surface area contributed by atoms with Gasteiger partial charge in [0.25, 0.3) is 5.91 Å². The van der Waals surface area contributed by atoms with E-state index in [2.05, 4.69) is 15.4 Å². The largest absolute Gasteiger partial charge is 0.477 e. The summed E-state index contributed by atoms with van der Waals surface area (Å²) in [6.07, 6.45) is 1.91. The van der Waals surface area contributed by atoms with Crippen LogP contribution in [-0.4, -0.2) is 30.3 Å². The lowest BCUT2D eigenvalue weighted by atomic mass is 10.1. The molecule has 140 valence electrons. The molecule has 4 rings (SSSR count). The van der Waals surface area contributed by atoms with Crippen molar-refractivity contribution in [2.45, 2.75) is 26.0 Å². The van der Waals surface area contributed by atoms with Crippen LogP contribution in [0.15, 0.2) is 57.7 Å². The Bertz CT molecular complexity index is 904. The third kappa shape index (κ3) is 3.67. The van der Waals surface area contributed by atoms with Crippen LogP contribution in [-0.2, 0) is 11.3 Å². The minimum atomic E-state index is -0.567. The van der Waals surface area contributed by atoms with E-state index in [0.29, 0.717) is 36.9 Å². The number of carbonyl (C=O) groups is 1. The van der Waals surface area contributed by atoms with Crippen LogP contribution in [0.5, 0.6) is 5.75 Å². The molecule has 0 saturated carbocycles. The van der Waals surface area contributed by atoms with E-state index in [1.54, 1.807) is 12.3 Å². The number of para-hydroxylation sites is 2. The maximum Gasteiger partial charge on any atom is 0.262 e. The summed E-state index contributed by atoms with van der Waals surface area (Å²) in [6, 6.07) is 13.2. The van der Waals surface area contributed by atoms with Crippen molar-refractivity contribution in [3.63, 3.8) is 0 Å². The van der Waals surface area contributed by atoms with Crippen molar-refractivity contribution in [1.82, 2.24) is 10.5 Å². The minimum absolute atomic E-state index is 0.104. The van der Waals surface area contributed by atoms with Gasteiger partial charge in [0.1, 0.15) is 11.4 Å². The minimum Gasteiger partial charge on any atom is -0.477 e. The van der Waals surface area contributed by atoms with Gasteiger partial charge in [-0.3, -0.25) is 4.79 Å². The Morgan fingerprint density at radius 2 is 2.15 bits per heavy atom. The standard InChI is InChI=1S/C20H21N3O4/c1-2-9-21-20(24)19-13-23(15-6-3-4-7-16(15)26-19)12-14-11-18(27-22-14)17-8-5-10-25-17/h3-8,10-11,19H,2,9,12-13H2,1H3,(H,21,24)/t19-/m1/s1. The van der Waals surface area contributed by atoms with E-state index in [9.17, 15) is 4.79 Å². The molecule has 0 unspecified atom stereocenters. The number of hydrogen-bond acceptors (Lipinski definition) is 6. The Balaban J connectivity index is 1.54. The van der Waals surface area contributed by atoms with Gasteiger partial charge >= 0.3 is 0 Å². The molecule has 0 fully saturated rings. The first-order valence-corrected chi connectivity index (χ1v) is 9.02. The van der Waals surface area contributed by atoms with Gasteiger partial charge in [-0.25, -0.2) is 0 Å². The highest BCUT2D eigenvalue weighted by molar-refractivity contribution is 5.83. The normalized spacial score (nSPS) is 15.9. The number of amides is 1. The molecule has 2 aromatic heterocycles. The lowest BCUT2D eigenvalue weighted by Crippen LogP contribution is -2.48. The first kappa shape index (κ1) is 17.2. The van der Waals surface area contributed by atoms with Crippen LogP contribution in [0.2, 0.25) is 0 Å². The summed E-state index contributed by atoms with van der Waals surface area (Å²) in [4.78, 5) is 14.5. The zero-order chi connectivity index (χ0) is 18.6. The van der Waals surface area contributed by atoms with Crippen LogP contribution >= 0.6 is 0 Å². The van der Waals surface area contributed by atoms with Gasteiger partial charge in [-0.1, -0.05) is 24.2 Å². The number of nitrogens with zero attached hydrogens (tertiary/aromatic N) is 2. The number of furan rings is 1. The summed E-state index contributed by atoms with van der Waals surface area (Å²) in [7, 11) is 0. The number of nitrogens with one attached hydrogen (secondary N) is 1. The summed E-state index contributed by atoms with van der Waals surface area (Å²) >= 11 is 0. The molecule has 1 amide bonds. The summed E-state index contributed by atoms with van der Waals surface area (Å²) in [5, 5.41) is 7.04. The number of hydrogen-bond donors (Lipinski definition) is 1. The number of fused-ring (bicyclic) bond motifs is 1. The first-order chi connectivity index (χ1) is 13.2. The Hall–Kier alpha value is -3.22. The number of ether oxygens (including phenoxy) is 1. The summed E-state index contributed by atoms with van der Waals surface area (Å²) < 4.78 is 16.6. The molecule has 0 radical (unpaired) electrons. The second-order valence-corrected chi connectivity index (χ2v) is 6.41. The topological polar surface area (TPSA) is 80.7 Å². The van der Waals surface area contributed by atoms with Gasteiger partial charge in [0.15, 0.2) is 11.9 Å². The zero-order valence-electron chi connectivity index (χ0n) is 15.1. The van der Waals surface area contributed by atoms with E-state index >= 15 is 0 Å². The molecule has 1 atom stereocenters. The van der Waals surface area contributed by atoms with Crippen molar-refractivity contribution >= 4 is 11.6 Å². The van der Waals surface area contributed by atoms with Crippen LogP contribution in [0.1, 0.15) is 19.0 Å². The molecule has 7 heteroatoms. The van der Waals surface area contributed by atoms with E-state index in [-0.39, 0.29) is 5.91 Å². The van der Waals surface area contributed by atoms with Gasteiger partial charge < -0.3 is 23.9 Å². The van der Waals surface area contributed by atoms with Gasteiger partial charge in [-0.05, 0) is 30.7 Å². The van der Waals surface area contributed by atoms with Crippen LogP contribution in [0.4, 0.5) is 5.69 Å². The zero-order valence-corrected chi connectivity index (χ0v) is 15.1. The number of benzene rings is 1. The lowest BCUT2D eigenvalue weighted by molar-refractivity contribution is -0.127. The molecule has 3 aromatic rings. The predicted molar refractivity (Wildman–Crippen MR) is 99.4 cm³/mol. The molecule has 1 aliphatic heterocycles. The maximum absolute atomic E-state index is 12.4.